The van der Waals surface area contributed by atoms with Crippen LogP contribution in [0.3, 0.4) is 0 Å². The molecule has 24 heavy (non-hydrogen) atoms. The van der Waals surface area contributed by atoms with Gasteiger partial charge in [0.25, 0.3) is 0 Å². The highest BCUT2D eigenvalue weighted by atomic mass is 16.5. The van der Waals surface area contributed by atoms with Crippen LogP contribution in [0.1, 0.15) is 5.56 Å². The van der Waals surface area contributed by atoms with Crippen LogP contribution in [0.5, 0.6) is 5.75 Å². The largest absolute Gasteiger partial charge is 0.495 e. The van der Waals surface area contributed by atoms with Crippen molar-refractivity contribution in [3.8, 4) is 11.4 Å². The highest BCUT2D eigenvalue weighted by Crippen LogP contribution is 2.29. The van der Waals surface area contributed by atoms with Crippen LogP contribution in [0.15, 0.2) is 37.1 Å². The molecule has 0 saturated carbocycles. The van der Waals surface area contributed by atoms with Crippen molar-refractivity contribution >= 4 is 17.5 Å². The Labute approximate surface area is 140 Å². The van der Waals surface area contributed by atoms with Crippen LogP contribution >= 0.6 is 0 Å². The molecule has 0 unspecified atom stereocenters. The summed E-state index contributed by atoms with van der Waals surface area (Å²) >= 11 is 0. The number of anilines is 3. The van der Waals surface area contributed by atoms with Crippen molar-refractivity contribution in [1.82, 2.24) is 24.7 Å². The van der Waals surface area contributed by atoms with E-state index < -0.39 is 0 Å². The second-order valence-electron chi connectivity index (χ2n) is 5.47. The van der Waals surface area contributed by atoms with Gasteiger partial charge in [0, 0.05) is 25.9 Å². The molecular weight excluding hydrogens is 306 g/mol. The van der Waals surface area contributed by atoms with Crippen molar-refractivity contribution in [3.63, 3.8) is 0 Å². The Kier molecular flexibility index (Phi) is 4.28. The quantitative estimate of drug-likeness (QED) is 0.770. The van der Waals surface area contributed by atoms with E-state index in [0.29, 0.717) is 11.7 Å². The number of nitrogens with one attached hydrogen (secondary N) is 1. The van der Waals surface area contributed by atoms with Crippen LogP contribution in [0.2, 0.25) is 0 Å². The molecule has 0 atom stereocenters. The van der Waals surface area contributed by atoms with Crippen LogP contribution in [-0.2, 0) is 0 Å². The second kappa shape index (κ2) is 6.53. The van der Waals surface area contributed by atoms with E-state index in [-0.39, 0.29) is 0 Å². The maximum atomic E-state index is 5.42. The minimum absolute atomic E-state index is 0.503. The first-order chi connectivity index (χ1) is 11.6. The highest BCUT2D eigenvalue weighted by molar-refractivity contribution is 5.66. The average molecular weight is 325 g/mol. The summed E-state index contributed by atoms with van der Waals surface area (Å²) < 4.78 is 7.23. The molecule has 1 aromatic carbocycles. The van der Waals surface area contributed by atoms with Gasteiger partial charge in [0.15, 0.2) is 0 Å². The number of methoxy groups -OCH3 is 1. The number of hydrogen-bond acceptors (Lipinski definition) is 7. The number of aromatic nitrogens is 5. The van der Waals surface area contributed by atoms with Crippen LogP contribution in [-0.4, -0.2) is 45.9 Å². The number of hydrogen-bond donors (Lipinski definition) is 1. The van der Waals surface area contributed by atoms with Crippen molar-refractivity contribution in [2.24, 2.45) is 0 Å². The van der Waals surface area contributed by atoms with E-state index >= 15 is 0 Å². The molecule has 8 nitrogen and oxygen atoms in total. The molecule has 0 fully saturated rings. The summed E-state index contributed by atoms with van der Waals surface area (Å²) in [6, 6.07) is 5.73. The molecule has 3 rings (SSSR count). The van der Waals surface area contributed by atoms with E-state index in [0.717, 1.165) is 22.8 Å². The summed E-state index contributed by atoms with van der Waals surface area (Å²) in [7, 11) is 5.53. The molecule has 0 aliphatic rings. The minimum atomic E-state index is 0.503. The SMILES string of the molecule is COc1ccc(-n2cnnc2)cc1Nc1ncc(C)c(N(C)C)n1. The Morgan fingerprint density at radius 2 is 1.92 bits per heavy atom. The van der Waals surface area contributed by atoms with E-state index in [1.165, 1.54) is 0 Å². The predicted molar refractivity (Wildman–Crippen MR) is 92.3 cm³/mol. The van der Waals surface area contributed by atoms with E-state index in [1.54, 1.807) is 26.0 Å². The van der Waals surface area contributed by atoms with Gasteiger partial charge < -0.3 is 15.0 Å². The fraction of sp³-hybridized carbons (Fsp3) is 0.250. The average Bonchev–Trinajstić information content (AvgIpc) is 3.11. The van der Waals surface area contributed by atoms with E-state index in [9.17, 15) is 0 Å². The molecule has 0 spiro atoms. The van der Waals surface area contributed by atoms with Gasteiger partial charge in [0.05, 0.1) is 18.5 Å². The minimum Gasteiger partial charge on any atom is -0.495 e. The second-order valence-corrected chi connectivity index (χ2v) is 5.47. The molecule has 0 aliphatic carbocycles. The molecule has 0 radical (unpaired) electrons. The van der Waals surface area contributed by atoms with E-state index in [2.05, 4.69) is 25.5 Å². The highest BCUT2D eigenvalue weighted by Gasteiger charge is 2.10. The topological polar surface area (TPSA) is 81.0 Å². The van der Waals surface area contributed by atoms with Gasteiger partial charge in [-0.3, -0.25) is 4.57 Å². The summed E-state index contributed by atoms with van der Waals surface area (Å²) in [6.45, 7) is 1.98. The number of aryl methyl sites for hydroxylation is 1. The van der Waals surface area contributed by atoms with Gasteiger partial charge >= 0.3 is 0 Å². The third kappa shape index (κ3) is 3.12. The molecule has 1 N–H and O–H groups in total. The van der Waals surface area contributed by atoms with Crippen molar-refractivity contribution < 1.29 is 4.74 Å². The molecule has 0 bridgehead atoms. The van der Waals surface area contributed by atoms with E-state index in [1.807, 2.05) is 48.7 Å². The molecule has 8 heteroatoms. The smallest absolute Gasteiger partial charge is 0.229 e. The van der Waals surface area contributed by atoms with Crippen molar-refractivity contribution in [2.75, 3.05) is 31.4 Å². The van der Waals surface area contributed by atoms with Gasteiger partial charge in [-0.2, -0.15) is 4.98 Å². The van der Waals surface area contributed by atoms with Gasteiger partial charge in [-0.15, -0.1) is 10.2 Å². The van der Waals surface area contributed by atoms with Gasteiger partial charge in [-0.25, -0.2) is 4.98 Å². The van der Waals surface area contributed by atoms with Crippen LogP contribution < -0.4 is 15.0 Å². The van der Waals surface area contributed by atoms with Gasteiger partial charge in [-0.1, -0.05) is 0 Å². The van der Waals surface area contributed by atoms with Gasteiger partial charge in [-0.05, 0) is 25.1 Å². The molecule has 124 valence electrons. The lowest BCUT2D eigenvalue weighted by molar-refractivity contribution is 0.416. The van der Waals surface area contributed by atoms with Crippen LogP contribution in [0.4, 0.5) is 17.5 Å². The molecule has 0 amide bonds. The lowest BCUT2D eigenvalue weighted by Crippen LogP contribution is -2.14. The van der Waals surface area contributed by atoms with E-state index in [4.69, 9.17) is 4.74 Å². The summed E-state index contributed by atoms with van der Waals surface area (Å²) in [5.74, 6) is 2.06. The number of rotatable bonds is 5. The van der Waals surface area contributed by atoms with Crippen molar-refractivity contribution in [2.45, 2.75) is 6.92 Å². The Morgan fingerprint density at radius 3 is 2.58 bits per heavy atom. The Bertz CT molecular complexity index is 830. The fourth-order valence-corrected chi connectivity index (χ4v) is 2.35. The Balaban J connectivity index is 1.97. The van der Waals surface area contributed by atoms with Crippen molar-refractivity contribution in [1.29, 1.82) is 0 Å². The zero-order valence-corrected chi connectivity index (χ0v) is 14.1. The standard InChI is InChI=1S/C16H19N7O/c1-11-8-17-16(21-15(11)22(2)3)20-13-7-12(5-6-14(13)24-4)23-9-18-19-10-23/h5-10H,1-4H3,(H,17,20,21). The first-order valence-corrected chi connectivity index (χ1v) is 7.39. The summed E-state index contributed by atoms with van der Waals surface area (Å²) in [4.78, 5) is 10.9. The summed E-state index contributed by atoms with van der Waals surface area (Å²) in [6.07, 6.45) is 5.07. The monoisotopic (exact) mass is 325 g/mol. The molecule has 3 aromatic rings. The Hall–Kier alpha value is -3.16. The maximum Gasteiger partial charge on any atom is 0.229 e. The number of benzene rings is 1. The summed E-state index contributed by atoms with van der Waals surface area (Å²) in [5, 5.41) is 10.9. The third-order valence-corrected chi connectivity index (χ3v) is 3.52. The molecular formula is C16H19N7O. The van der Waals surface area contributed by atoms with Crippen LogP contribution in [0, 0.1) is 6.92 Å². The van der Waals surface area contributed by atoms with Crippen molar-refractivity contribution in [3.05, 3.63) is 42.6 Å². The fourth-order valence-electron chi connectivity index (χ4n) is 2.35. The third-order valence-electron chi connectivity index (χ3n) is 3.52. The molecule has 0 aliphatic heterocycles. The number of nitrogens with zero attached hydrogens (tertiary/aromatic N) is 6. The zero-order valence-electron chi connectivity index (χ0n) is 14.1. The first-order valence-electron chi connectivity index (χ1n) is 7.39. The molecule has 0 saturated heterocycles. The van der Waals surface area contributed by atoms with Crippen LogP contribution in [0.25, 0.3) is 5.69 Å². The normalized spacial score (nSPS) is 10.5. The van der Waals surface area contributed by atoms with Gasteiger partial charge in [0.1, 0.15) is 24.2 Å². The summed E-state index contributed by atoms with van der Waals surface area (Å²) in [5.41, 5.74) is 2.68. The maximum absolute atomic E-state index is 5.42. The Morgan fingerprint density at radius 1 is 1.17 bits per heavy atom. The lowest BCUT2D eigenvalue weighted by Gasteiger charge is -2.16. The zero-order chi connectivity index (χ0) is 17.1. The number of ether oxygens (including phenoxy) is 1. The van der Waals surface area contributed by atoms with Gasteiger partial charge in [0.2, 0.25) is 5.95 Å². The predicted octanol–water partition coefficient (Wildman–Crippen LogP) is 2.18. The molecule has 2 aromatic heterocycles. The first kappa shape index (κ1) is 15.7. The molecule has 2 heterocycles. The lowest BCUT2D eigenvalue weighted by atomic mass is 10.2.